The van der Waals surface area contributed by atoms with E-state index in [1.54, 1.807) is 0 Å². The second-order valence-electron chi connectivity index (χ2n) is 17.8. The van der Waals surface area contributed by atoms with Crippen LogP contribution in [0.2, 0.25) is 0 Å². The monoisotopic (exact) mass is 865 g/mol. The molecule has 2 heterocycles. The van der Waals surface area contributed by atoms with E-state index in [0.717, 1.165) is 60.9 Å². The van der Waals surface area contributed by atoms with Crippen molar-refractivity contribution in [3.63, 3.8) is 0 Å². The highest BCUT2D eigenvalue weighted by molar-refractivity contribution is 6.12. The van der Waals surface area contributed by atoms with Gasteiger partial charge >= 0.3 is 0 Å². The van der Waals surface area contributed by atoms with Gasteiger partial charge in [0.25, 0.3) is 0 Å². The van der Waals surface area contributed by atoms with Gasteiger partial charge in [-0.1, -0.05) is 200 Å². The van der Waals surface area contributed by atoms with Crippen molar-refractivity contribution in [2.45, 2.75) is 5.41 Å². The molecule has 1 spiro atoms. The van der Waals surface area contributed by atoms with Gasteiger partial charge in [0.15, 0.2) is 17.5 Å². The maximum Gasteiger partial charge on any atom is 0.164 e. The number of fused-ring (bicyclic) bond motifs is 15. The van der Waals surface area contributed by atoms with Gasteiger partial charge in [0.1, 0.15) is 11.2 Å². The molecule has 0 N–H and O–H groups in total. The van der Waals surface area contributed by atoms with Gasteiger partial charge in [0.2, 0.25) is 0 Å². The van der Waals surface area contributed by atoms with Crippen LogP contribution < -0.4 is 0 Å². The van der Waals surface area contributed by atoms with E-state index in [0.29, 0.717) is 17.5 Å². The lowest BCUT2D eigenvalue weighted by Crippen LogP contribution is -2.29. The minimum Gasteiger partial charge on any atom is -0.456 e. The third-order valence-electron chi connectivity index (χ3n) is 14.2. The number of aromatic nitrogens is 3. The molecule has 0 atom stereocenters. The van der Waals surface area contributed by atoms with Gasteiger partial charge in [-0.2, -0.15) is 0 Å². The second kappa shape index (κ2) is 15.0. The first kappa shape index (κ1) is 38.3. The highest BCUT2D eigenvalue weighted by Gasteiger charge is 2.49. The molecule has 4 nitrogen and oxygen atoms in total. The molecule has 68 heavy (non-hydrogen) atoms. The van der Waals surface area contributed by atoms with E-state index in [-0.39, 0.29) is 0 Å². The minimum absolute atomic E-state index is 0.577. The van der Waals surface area contributed by atoms with E-state index in [1.807, 2.05) is 24.3 Å². The van der Waals surface area contributed by atoms with Crippen LogP contribution in [0.1, 0.15) is 22.3 Å². The van der Waals surface area contributed by atoms with Crippen LogP contribution in [-0.4, -0.2) is 15.0 Å². The standard InChI is InChI=1S/C64H39N3O/c1-3-18-40(19-4-1)43-36-44(41-20-5-2-6-21-41)38-45(37-43)62-65-61(66-63(67-62)53-28-17-33-59-60(53)52-27-12-16-32-58(52)68-59)42-34-35-51-50-26-11-15-31-56(50)64(57(51)39-42)54-29-13-9-24-48(54)46-22-7-8-23-47(46)49-25-10-14-30-55(49)64/h1-39H. The fourth-order valence-electron chi connectivity index (χ4n) is 11.3. The van der Waals surface area contributed by atoms with Crippen LogP contribution in [0.25, 0.3) is 112 Å². The molecule has 316 valence electrons. The normalized spacial score (nSPS) is 12.8. The number of nitrogens with zero attached hydrogens (tertiary/aromatic N) is 3. The molecule has 10 aromatic carbocycles. The molecule has 0 radical (unpaired) electrons. The summed E-state index contributed by atoms with van der Waals surface area (Å²) in [4.78, 5) is 16.4. The van der Waals surface area contributed by atoms with E-state index < -0.39 is 5.41 Å². The molecule has 12 aromatic rings. The molecular weight excluding hydrogens is 827 g/mol. The number of hydrogen-bond donors (Lipinski definition) is 0. The van der Waals surface area contributed by atoms with Crippen molar-refractivity contribution in [3.05, 3.63) is 259 Å². The average molecular weight is 866 g/mol. The molecule has 2 aliphatic carbocycles. The Morgan fingerprint density at radius 3 is 1.32 bits per heavy atom. The lowest BCUT2D eigenvalue weighted by atomic mass is 9.66. The fourth-order valence-corrected chi connectivity index (χ4v) is 11.3. The zero-order valence-electron chi connectivity index (χ0n) is 36.8. The first-order chi connectivity index (χ1) is 33.7. The Morgan fingerprint density at radius 2 is 0.706 bits per heavy atom. The molecule has 0 amide bonds. The zero-order chi connectivity index (χ0) is 44.8. The second-order valence-corrected chi connectivity index (χ2v) is 17.8. The summed E-state index contributed by atoms with van der Waals surface area (Å²) < 4.78 is 6.44. The van der Waals surface area contributed by atoms with Crippen LogP contribution in [-0.2, 0) is 5.41 Å². The lowest BCUT2D eigenvalue weighted by Gasteiger charge is -2.35. The van der Waals surface area contributed by atoms with Gasteiger partial charge in [-0.05, 0) is 114 Å². The molecule has 0 bridgehead atoms. The Labute approximate surface area is 393 Å². The summed E-state index contributed by atoms with van der Waals surface area (Å²) in [5.74, 6) is 1.75. The van der Waals surface area contributed by atoms with Gasteiger partial charge in [0.05, 0.1) is 5.41 Å². The minimum atomic E-state index is -0.650. The number of hydrogen-bond acceptors (Lipinski definition) is 4. The van der Waals surface area contributed by atoms with E-state index in [1.165, 1.54) is 55.6 Å². The van der Waals surface area contributed by atoms with Gasteiger partial charge in [0, 0.05) is 27.5 Å². The topological polar surface area (TPSA) is 51.8 Å². The maximum absolute atomic E-state index is 6.44. The Bertz CT molecular complexity index is 3860. The van der Waals surface area contributed by atoms with Gasteiger partial charge < -0.3 is 4.42 Å². The molecule has 0 unspecified atom stereocenters. The Balaban J connectivity index is 1.06. The Morgan fingerprint density at radius 1 is 0.265 bits per heavy atom. The first-order valence-corrected chi connectivity index (χ1v) is 23.2. The van der Waals surface area contributed by atoms with Crippen molar-refractivity contribution >= 4 is 21.9 Å². The summed E-state index contributed by atoms with van der Waals surface area (Å²) in [6.45, 7) is 0. The molecule has 4 heteroatoms. The highest BCUT2D eigenvalue weighted by atomic mass is 16.3. The van der Waals surface area contributed by atoms with Crippen LogP contribution in [0.5, 0.6) is 0 Å². The first-order valence-electron chi connectivity index (χ1n) is 23.2. The third kappa shape index (κ3) is 5.71. The summed E-state index contributed by atoms with van der Waals surface area (Å²) >= 11 is 0. The molecule has 0 aliphatic heterocycles. The summed E-state index contributed by atoms with van der Waals surface area (Å²) in [6, 6.07) is 84.8. The third-order valence-corrected chi connectivity index (χ3v) is 14.2. The van der Waals surface area contributed by atoms with Crippen molar-refractivity contribution in [1.82, 2.24) is 15.0 Å². The zero-order valence-corrected chi connectivity index (χ0v) is 36.8. The largest absolute Gasteiger partial charge is 0.456 e. The smallest absolute Gasteiger partial charge is 0.164 e. The van der Waals surface area contributed by atoms with Crippen molar-refractivity contribution in [2.24, 2.45) is 0 Å². The quantitative estimate of drug-likeness (QED) is 0.173. The summed E-state index contributed by atoms with van der Waals surface area (Å²) in [6.07, 6.45) is 0. The number of rotatable bonds is 5. The van der Waals surface area contributed by atoms with Crippen molar-refractivity contribution < 1.29 is 4.42 Å². The van der Waals surface area contributed by atoms with Crippen LogP contribution in [0.4, 0.5) is 0 Å². The van der Waals surface area contributed by atoms with E-state index in [4.69, 9.17) is 19.4 Å². The average Bonchev–Trinajstić information content (AvgIpc) is 3.91. The van der Waals surface area contributed by atoms with Crippen LogP contribution in [0, 0.1) is 0 Å². The van der Waals surface area contributed by atoms with Crippen LogP contribution in [0.3, 0.4) is 0 Å². The predicted octanol–water partition coefficient (Wildman–Crippen LogP) is 16.1. The molecular formula is C64H39N3O. The molecule has 2 aliphatic rings. The van der Waals surface area contributed by atoms with Crippen LogP contribution >= 0.6 is 0 Å². The van der Waals surface area contributed by atoms with Gasteiger partial charge in [-0.3, -0.25) is 0 Å². The highest BCUT2D eigenvalue weighted by Crippen LogP contribution is 2.61. The molecule has 2 aromatic heterocycles. The summed E-state index contributed by atoms with van der Waals surface area (Å²) in [5.41, 5.74) is 20.4. The van der Waals surface area contributed by atoms with Crippen molar-refractivity contribution in [1.29, 1.82) is 0 Å². The molecule has 0 saturated heterocycles. The maximum atomic E-state index is 6.44. The lowest BCUT2D eigenvalue weighted by molar-refractivity contribution is 0.669. The predicted molar refractivity (Wildman–Crippen MR) is 276 cm³/mol. The van der Waals surface area contributed by atoms with Gasteiger partial charge in [-0.15, -0.1) is 0 Å². The Hall–Kier alpha value is -8.99. The van der Waals surface area contributed by atoms with Crippen molar-refractivity contribution in [2.75, 3.05) is 0 Å². The Kier molecular flexibility index (Phi) is 8.46. The van der Waals surface area contributed by atoms with E-state index in [9.17, 15) is 0 Å². The summed E-state index contributed by atoms with van der Waals surface area (Å²) in [5, 5.41) is 1.99. The van der Waals surface area contributed by atoms with Crippen molar-refractivity contribution in [3.8, 4) is 89.8 Å². The van der Waals surface area contributed by atoms with E-state index in [2.05, 4.69) is 212 Å². The molecule has 14 rings (SSSR count). The fraction of sp³-hybridized carbons (Fsp3) is 0.0156. The number of para-hydroxylation sites is 1. The number of benzene rings is 10. The SMILES string of the molecule is c1ccc(-c2cc(-c3ccccc3)cc(-c3nc(-c4ccc5c(c4)C4(c6ccccc6-c6ccccc6-c6ccccc64)c4ccccc4-5)nc(-c4cccc5oc6ccccc6c45)n3)c2)cc1. The summed E-state index contributed by atoms with van der Waals surface area (Å²) in [7, 11) is 0. The molecule has 0 saturated carbocycles. The van der Waals surface area contributed by atoms with Crippen LogP contribution in [0.15, 0.2) is 241 Å². The molecule has 0 fully saturated rings. The van der Waals surface area contributed by atoms with E-state index >= 15 is 0 Å². The number of furan rings is 1. The van der Waals surface area contributed by atoms with Gasteiger partial charge in [-0.25, -0.2) is 15.0 Å².